The van der Waals surface area contributed by atoms with Crippen molar-refractivity contribution in [2.75, 3.05) is 11.9 Å². The fraction of sp³-hybridized carbons (Fsp3) is 0.400. The molecule has 2 aromatic heterocycles. The van der Waals surface area contributed by atoms with Crippen LogP contribution in [-0.4, -0.2) is 27.2 Å². The van der Waals surface area contributed by atoms with Crippen molar-refractivity contribution >= 4 is 11.7 Å². The van der Waals surface area contributed by atoms with Crippen molar-refractivity contribution in [3.05, 3.63) is 41.3 Å². The second-order valence-corrected chi connectivity index (χ2v) is 4.74. The first-order valence-electron chi connectivity index (χ1n) is 7.14. The molecule has 0 aliphatic rings. The summed E-state index contributed by atoms with van der Waals surface area (Å²) in [4.78, 5) is 16.5. The van der Waals surface area contributed by atoms with Crippen LogP contribution in [-0.2, 0) is 20.0 Å². The highest BCUT2D eigenvalue weighted by atomic mass is 16.1. The molecule has 6 heteroatoms. The normalized spacial score (nSPS) is 10.4. The molecule has 0 radical (unpaired) electrons. The second kappa shape index (κ2) is 6.88. The molecule has 112 valence electrons. The molecule has 2 N–H and O–H groups in total. The monoisotopic (exact) mass is 287 g/mol. The van der Waals surface area contributed by atoms with E-state index >= 15 is 0 Å². The Hall–Kier alpha value is -2.37. The number of nitrogens with zero attached hydrogens (tertiary/aromatic N) is 3. The van der Waals surface area contributed by atoms with Crippen LogP contribution >= 0.6 is 0 Å². The first-order chi connectivity index (χ1) is 10.2. The Labute approximate surface area is 124 Å². The van der Waals surface area contributed by atoms with Crippen LogP contribution < -0.4 is 10.6 Å². The number of carbonyl (C=O) groups is 1. The summed E-state index contributed by atoms with van der Waals surface area (Å²) in [5.41, 5.74) is 2.61. The van der Waals surface area contributed by atoms with Crippen LogP contribution in [0, 0.1) is 0 Å². The number of aryl methyl sites for hydroxylation is 2. The number of pyridine rings is 1. The van der Waals surface area contributed by atoms with Gasteiger partial charge in [-0.1, -0.05) is 6.92 Å². The van der Waals surface area contributed by atoms with Crippen LogP contribution in [0.2, 0.25) is 0 Å². The van der Waals surface area contributed by atoms with Gasteiger partial charge in [-0.2, -0.15) is 5.10 Å². The third-order valence-electron chi connectivity index (χ3n) is 3.16. The molecule has 0 saturated heterocycles. The Bertz CT molecular complexity index is 620. The summed E-state index contributed by atoms with van der Waals surface area (Å²) in [7, 11) is 1.88. The average Bonchev–Trinajstić information content (AvgIpc) is 2.86. The Balaban J connectivity index is 2.08. The minimum absolute atomic E-state index is 0.134. The molecule has 2 heterocycles. The first-order valence-corrected chi connectivity index (χ1v) is 7.14. The van der Waals surface area contributed by atoms with E-state index in [0.29, 0.717) is 17.9 Å². The van der Waals surface area contributed by atoms with E-state index in [-0.39, 0.29) is 5.91 Å². The van der Waals surface area contributed by atoms with E-state index in [1.165, 1.54) is 0 Å². The summed E-state index contributed by atoms with van der Waals surface area (Å²) in [6, 6.07) is 3.53. The predicted octanol–water partition coefficient (Wildman–Crippen LogP) is 1.74. The van der Waals surface area contributed by atoms with Gasteiger partial charge in [-0.25, -0.2) is 4.98 Å². The Morgan fingerprint density at radius 2 is 2.19 bits per heavy atom. The average molecular weight is 287 g/mol. The number of nitrogens with one attached hydrogen (secondary N) is 2. The fourth-order valence-corrected chi connectivity index (χ4v) is 2.20. The number of rotatable bonds is 6. The summed E-state index contributed by atoms with van der Waals surface area (Å²) in [5.74, 6) is 0.476. The molecular weight excluding hydrogens is 266 g/mol. The molecule has 0 unspecified atom stereocenters. The maximum absolute atomic E-state index is 12.3. The topological polar surface area (TPSA) is 71.8 Å². The van der Waals surface area contributed by atoms with E-state index in [4.69, 9.17) is 0 Å². The van der Waals surface area contributed by atoms with Crippen molar-refractivity contribution in [3.63, 3.8) is 0 Å². The molecule has 0 atom stereocenters. The zero-order chi connectivity index (χ0) is 15.2. The molecule has 0 saturated carbocycles. The Morgan fingerprint density at radius 3 is 2.90 bits per heavy atom. The van der Waals surface area contributed by atoms with Gasteiger partial charge in [0, 0.05) is 38.1 Å². The van der Waals surface area contributed by atoms with E-state index in [1.54, 1.807) is 23.0 Å². The Morgan fingerprint density at radius 1 is 1.38 bits per heavy atom. The molecule has 21 heavy (non-hydrogen) atoms. The quantitative estimate of drug-likeness (QED) is 0.849. The molecule has 0 aliphatic heterocycles. The van der Waals surface area contributed by atoms with Gasteiger partial charge in [0.1, 0.15) is 5.82 Å². The first kappa shape index (κ1) is 15.0. The van der Waals surface area contributed by atoms with Gasteiger partial charge in [0.25, 0.3) is 5.91 Å². The van der Waals surface area contributed by atoms with Crippen LogP contribution in [0.1, 0.15) is 35.5 Å². The smallest absolute Gasteiger partial charge is 0.255 e. The van der Waals surface area contributed by atoms with Crippen molar-refractivity contribution in [3.8, 4) is 0 Å². The van der Waals surface area contributed by atoms with Crippen LogP contribution in [0.25, 0.3) is 0 Å². The minimum Gasteiger partial charge on any atom is -0.370 e. The summed E-state index contributed by atoms with van der Waals surface area (Å²) >= 11 is 0. The van der Waals surface area contributed by atoms with E-state index in [0.717, 1.165) is 24.2 Å². The zero-order valence-corrected chi connectivity index (χ0v) is 12.7. The third kappa shape index (κ3) is 3.59. The largest absolute Gasteiger partial charge is 0.370 e. The summed E-state index contributed by atoms with van der Waals surface area (Å²) in [6.07, 6.45) is 4.46. The highest BCUT2D eigenvalue weighted by molar-refractivity contribution is 5.98. The van der Waals surface area contributed by atoms with Crippen LogP contribution in [0.5, 0.6) is 0 Å². The van der Waals surface area contributed by atoms with Crippen LogP contribution in [0.3, 0.4) is 0 Å². The van der Waals surface area contributed by atoms with Gasteiger partial charge in [0.2, 0.25) is 0 Å². The molecule has 0 aliphatic carbocycles. The van der Waals surface area contributed by atoms with Crippen molar-refractivity contribution in [2.45, 2.75) is 26.8 Å². The molecule has 6 nitrogen and oxygen atoms in total. The number of anilines is 1. The van der Waals surface area contributed by atoms with E-state index < -0.39 is 0 Å². The summed E-state index contributed by atoms with van der Waals surface area (Å²) in [6.45, 7) is 5.22. The zero-order valence-electron chi connectivity index (χ0n) is 12.7. The fourth-order valence-electron chi connectivity index (χ4n) is 2.20. The molecule has 0 spiro atoms. The number of aromatic nitrogens is 3. The lowest BCUT2D eigenvalue weighted by Gasteiger charge is -2.09. The van der Waals surface area contributed by atoms with Gasteiger partial charge in [-0.15, -0.1) is 0 Å². The highest BCUT2D eigenvalue weighted by Crippen LogP contribution is 2.12. The number of hydrogen-bond acceptors (Lipinski definition) is 4. The van der Waals surface area contributed by atoms with Crippen molar-refractivity contribution in [2.24, 2.45) is 7.05 Å². The van der Waals surface area contributed by atoms with E-state index in [2.05, 4.69) is 27.6 Å². The lowest BCUT2D eigenvalue weighted by molar-refractivity contribution is 0.0951. The minimum atomic E-state index is -0.134. The molecule has 2 aromatic rings. The lowest BCUT2D eigenvalue weighted by atomic mass is 10.2. The van der Waals surface area contributed by atoms with Crippen molar-refractivity contribution < 1.29 is 4.79 Å². The van der Waals surface area contributed by atoms with E-state index in [1.807, 2.05) is 20.2 Å². The highest BCUT2D eigenvalue weighted by Gasteiger charge is 2.13. The summed E-state index contributed by atoms with van der Waals surface area (Å²) in [5, 5.41) is 10.4. The molecule has 0 bridgehead atoms. The van der Waals surface area contributed by atoms with Gasteiger partial charge in [-0.05, 0) is 25.5 Å². The van der Waals surface area contributed by atoms with Crippen molar-refractivity contribution in [1.82, 2.24) is 20.1 Å². The molecular formula is C15H21N5O. The van der Waals surface area contributed by atoms with Gasteiger partial charge < -0.3 is 10.6 Å². The van der Waals surface area contributed by atoms with Gasteiger partial charge in [0.05, 0.1) is 11.3 Å². The van der Waals surface area contributed by atoms with Crippen LogP contribution in [0.4, 0.5) is 5.82 Å². The van der Waals surface area contributed by atoms with Gasteiger partial charge >= 0.3 is 0 Å². The molecule has 1 amide bonds. The standard InChI is InChI=1S/C15H21N5O/c1-4-13-11(10-20(3)19-13)9-18-15(21)12-7-6-8-17-14(12)16-5-2/h6-8,10H,4-5,9H2,1-3H3,(H,16,17)(H,18,21). The van der Waals surface area contributed by atoms with E-state index in [9.17, 15) is 4.79 Å². The number of amides is 1. The summed E-state index contributed by atoms with van der Waals surface area (Å²) < 4.78 is 1.77. The molecule has 0 fully saturated rings. The lowest BCUT2D eigenvalue weighted by Crippen LogP contribution is -2.24. The third-order valence-corrected chi connectivity index (χ3v) is 3.16. The Kier molecular flexibility index (Phi) is 4.92. The van der Waals surface area contributed by atoms with Crippen molar-refractivity contribution in [1.29, 1.82) is 0 Å². The maximum Gasteiger partial charge on any atom is 0.255 e. The maximum atomic E-state index is 12.3. The molecule has 2 rings (SSSR count). The van der Waals surface area contributed by atoms with Crippen LogP contribution in [0.15, 0.2) is 24.5 Å². The number of hydrogen-bond donors (Lipinski definition) is 2. The second-order valence-electron chi connectivity index (χ2n) is 4.74. The predicted molar refractivity (Wildman–Crippen MR) is 82.2 cm³/mol. The SMILES string of the molecule is CCNc1ncccc1C(=O)NCc1cn(C)nc1CC. The number of carbonyl (C=O) groups excluding carboxylic acids is 1. The molecule has 0 aromatic carbocycles. The van der Waals surface area contributed by atoms with Gasteiger partial charge in [0.15, 0.2) is 0 Å². The van der Waals surface area contributed by atoms with Gasteiger partial charge in [-0.3, -0.25) is 9.48 Å².